The summed E-state index contributed by atoms with van der Waals surface area (Å²) in [6, 6.07) is -2.05. The molecular weight excluding hydrogens is 508 g/mol. The molecular formula is C27H49N4O6S+. The highest BCUT2D eigenvalue weighted by Gasteiger charge is 2.75. The van der Waals surface area contributed by atoms with Crippen molar-refractivity contribution < 1.29 is 32.6 Å². The molecule has 10 nitrogen and oxygen atoms in total. The van der Waals surface area contributed by atoms with Crippen LogP contribution in [0.1, 0.15) is 90.0 Å². The third-order valence-corrected chi connectivity index (χ3v) is 9.30. The maximum absolute atomic E-state index is 14.6. The van der Waals surface area contributed by atoms with Gasteiger partial charge in [0.15, 0.2) is 0 Å². The lowest BCUT2D eigenvalue weighted by Gasteiger charge is -2.47. The molecule has 0 aromatic heterocycles. The number of amides is 4. The Labute approximate surface area is 232 Å². The molecule has 1 fully saturated rings. The van der Waals surface area contributed by atoms with Crippen LogP contribution in [0.3, 0.4) is 0 Å². The molecule has 1 saturated heterocycles. The molecule has 4 unspecified atom stereocenters. The van der Waals surface area contributed by atoms with Crippen molar-refractivity contribution >= 4 is 41.5 Å². The largest absolute Gasteiger partial charge is 0.537 e. The molecule has 218 valence electrons. The van der Waals surface area contributed by atoms with Crippen molar-refractivity contribution in [1.82, 2.24) is 16.0 Å². The fraction of sp³-hybridized carbons (Fsp3) is 0.815. The van der Waals surface area contributed by atoms with E-state index in [2.05, 4.69) is 16.0 Å². The van der Waals surface area contributed by atoms with E-state index >= 15 is 0 Å². The first-order valence-corrected chi connectivity index (χ1v) is 14.0. The van der Waals surface area contributed by atoms with E-state index in [1.165, 1.54) is 13.8 Å². The zero-order valence-electron chi connectivity index (χ0n) is 25.4. The summed E-state index contributed by atoms with van der Waals surface area (Å²) in [5.41, 5.74) is -1.13. The molecule has 0 aliphatic carbocycles. The van der Waals surface area contributed by atoms with Crippen LogP contribution in [-0.2, 0) is 23.9 Å². The second kappa shape index (κ2) is 12.0. The summed E-state index contributed by atoms with van der Waals surface area (Å²) >= 11 is 1.05. The number of rotatable bonds is 8. The average Bonchev–Trinajstić information content (AvgIpc) is 3.13. The Balaban J connectivity index is 4.16. The minimum atomic E-state index is -1.39. The van der Waals surface area contributed by atoms with Gasteiger partial charge in [0.1, 0.15) is 22.9 Å². The van der Waals surface area contributed by atoms with Crippen LogP contribution in [0, 0.1) is 22.7 Å². The number of carbonyl (C=O) groups is 5. The highest BCUT2D eigenvalue weighted by Crippen LogP contribution is 2.60. The van der Waals surface area contributed by atoms with E-state index in [1.54, 1.807) is 34.6 Å². The molecule has 0 radical (unpaired) electrons. The minimum absolute atomic E-state index is 0.0165. The number of imide groups is 1. The van der Waals surface area contributed by atoms with E-state index in [9.17, 15) is 24.0 Å². The number of Topliss-reactive ketones (excluding diaryl/α,β-unsaturated/α-hetero) is 1. The summed E-state index contributed by atoms with van der Waals surface area (Å²) in [6.07, 6.45) is -2.29. The van der Waals surface area contributed by atoms with Crippen molar-refractivity contribution in [3.05, 3.63) is 0 Å². The van der Waals surface area contributed by atoms with Crippen LogP contribution < -0.4 is 16.0 Å². The number of carbonyl (C=O) groups excluding carboxylic acids is 5. The van der Waals surface area contributed by atoms with Gasteiger partial charge >= 0.3 is 12.0 Å². The summed E-state index contributed by atoms with van der Waals surface area (Å²) in [7, 11) is 0. The minimum Gasteiger partial charge on any atom is -0.419 e. The lowest BCUT2D eigenvalue weighted by molar-refractivity contribution is -0.659. The zero-order valence-corrected chi connectivity index (χ0v) is 26.2. The smallest absolute Gasteiger partial charge is 0.419 e. The van der Waals surface area contributed by atoms with Gasteiger partial charge in [-0.1, -0.05) is 73.1 Å². The average molecular weight is 558 g/mol. The number of ketones is 1. The standard InChI is InChI=1S/C27H48N4O6S/c1-14-37-24(36)31(23(35)20(16(4)5)29-18(7)33)22(21(34)19(15(2)3)28-17(6)32)30-27(38-31,25(8,9)10)26(11,12)13/h15-16,19-20,22,30H,14H2,1-13H3,(H-,28,29,32,33)/p+1. The van der Waals surface area contributed by atoms with E-state index in [0.29, 0.717) is 0 Å². The highest BCUT2D eigenvalue weighted by atomic mass is 32.2. The van der Waals surface area contributed by atoms with Crippen molar-refractivity contribution in [3.8, 4) is 0 Å². The van der Waals surface area contributed by atoms with Gasteiger partial charge in [-0.15, -0.1) is 0 Å². The number of ether oxygens (including phenoxy) is 1. The molecule has 0 aromatic rings. The second-order valence-corrected chi connectivity index (χ2v) is 14.1. The molecule has 3 N–H and O–H groups in total. The van der Waals surface area contributed by atoms with Crippen molar-refractivity contribution in [2.24, 2.45) is 22.7 Å². The van der Waals surface area contributed by atoms with Crippen molar-refractivity contribution in [3.63, 3.8) is 0 Å². The van der Waals surface area contributed by atoms with Crippen LogP contribution in [0.5, 0.6) is 0 Å². The number of hydrogen-bond acceptors (Lipinski definition) is 8. The molecule has 1 rings (SSSR count). The van der Waals surface area contributed by atoms with Gasteiger partial charge in [0.25, 0.3) is 0 Å². The third kappa shape index (κ3) is 6.42. The molecule has 4 atom stereocenters. The van der Waals surface area contributed by atoms with Gasteiger partial charge < -0.3 is 15.4 Å². The summed E-state index contributed by atoms with van der Waals surface area (Å²) in [5.74, 6) is -2.72. The van der Waals surface area contributed by atoms with Crippen LogP contribution in [-0.4, -0.2) is 63.2 Å². The molecule has 1 heterocycles. The van der Waals surface area contributed by atoms with E-state index in [0.717, 1.165) is 11.9 Å². The van der Waals surface area contributed by atoms with Gasteiger partial charge in [-0.2, -0.15) is 4.79 Å². The predicted octanol–water partition coefficient (Wildman–Crippen LogP) is 3.74. The summed E-state index contributed by atoms with van der Waals surface area (Å²) < 4.78 is 4.46. The molecule has 11 heteroatoms. The fourth-order valence-electron chi connectivity index (χ4n) is 5.18. The van der Waals surface area contributed by atoms with E-state index in [-0.39, 0.29) is 18.4 Å². The molecule has 1 aliphatic heterocycles. The van der Waals surface area contributed by atoms with E-state index in [4.69, 9.17) is 4.74 Å². The monoisotopic (exact) mass is 557 g/mol. The number of nitrogens with zero attached hydrogens (tertiary/aromatic N) is 1. The Morgan fingerprint density at radius 2 is 1.29 bits per heavy atom. The Kier molecular flexibility index (Phi) is 10.8. The maximum atomic E-state index is 14.6. The Bertz CT molecular complexity index is 923. The van der Waals surface area contributed by atoms with Gasteiger partial charge in [-0.3, -0.25) is 14.4 Å². The molecule has 0 spiro atoms. The first-order valence-electron chi connectivity index (χ1n) is 13.3. The lowest BCUT2D eigenvalue weighted by Crippen LogP contribution is -2.69. The fourth-order valence-corrected chi connectivity index (χ4v) is 6.92. The van der Waals surface area contributed by atoms with Crippen LogP contribution in [0.15, 0.2) is 0 Å². The van der Waals surface area contributed by atoms with E-state index in [1.807, 2.05) is 41.5 Å². The Morgan fingerprint density at radius 3 is 1.63 bits per heavy atom. The van der Waals surface area contributed by atoms with Crippen LogP contribution in [0.2, 0.25) is 0 Å². The van der Waals surface area contributed by atoms with Crippen LogP contribution >= 0.6 is 11.9 Å². The summed E-state index contributed by atoms with van der Waals surface area (Å²) in [4.78, 5) is 66.2. The summed E-state index contributed by atoms with van der Waals surface area (Å²) in [6.45, 7) is 23.2. The van der Waals surface area contributed by atoms with Gasteiger partial charge in [0, 0.05) is 13.8 Å². The first-order chi connectivity index (χ1) is 17.1. The van der Waals surface area contributed by atoms with Crippen molar-refractivity contribution in [2.75, 3.05) is 6.61 Å². The van der Waals surface area contributed by atoms with Gasteiger partial charge in [0.2, 0.25) is 23.8 Å². The molecule has 4 amide bonds. The van der Waals surface area contributed by atoms with Gasteiger partial charge in [-0.25, -0.2) is 10.1 Å². The lowest BCUT2D eigenvalue weighted by atomic mass is 9.71. The van der Waals surface area contributed by atoms with Gasteiger partial charge in [-0.05, 0) is 29.6 Å². The van der Waals surface area contributed by atoms with Crippen molar-refractivity contribution in [2.45, 2.75) is 113 Å². The Morgan fingerprint density at radius 1 is 0.868 bits per heavy atom. The van der Waals surface area contributed by atoms with Crippen LogP contribution in [0.25, 0.3) is 0 Å². The molecule has 1 aliphatic rings. The Hall–Kier alpha value is -1.98. The number of quaternary nitrogens is 1. The number of hydrogen-bond donors (Lipinski definition) is 3. The van der Waals surface area contributed by atoms with Crippen molar-refractivity contribution in [1.29, 1.82) is 0 Å². The topological polar surface area (TPSA) is 131 Å². The maximum Gasteiger partial charge on any atom is 0.537 e. The third-order valence-electron chi connectivity index (χ3n) is 6.86. The molecule has 0 bridgehead atoms. The molecule has 0 saturated carbocycles. The van der Waals surface area contributed by atoms with E-state index < -0.39 is 67.4 Å². The predicted molar refractivity (Wildman–Crippen MR) is 148 cm³/mol. The van der Waals surface area contributed by atoms with Crippen LogP contribution in [0.4, 0.5) is 4.79 Å². The first kappa shape index (κ1) is 34.0. The van der Waals surface area contributed by atoms with Gasteiger partial charge in [0.05, 0.1) is 12.6 Å². The second-order valence-electron chi connectivity index (χ2n) is 12.8. The quantitative estimate of drug-likeness (QED) is 0.304. The highest BCUT2D eigenvalue weighted by molar-refractivity contribution is 7.96. The number of nitrogens with one attached hydrogen (secondary N) is 3. The summed E-state index contributed by atoms with van der Waals surface area (Å²) in [5, 5.41) is 8.85. The zero-order chi connectivity index (χ0) is 30.0. The molecule has 0 aromatic carbocycles. The molecule has 38 heavy (non-hydrogen) atoms. The normalized spacial score (nSPS) is 23.1. The SMILES string of the molecule is CCOC(=O)[N+]1(C(=O)C(NC(C)=O)C(C)C)SC(C(C)(C)C)(C(C)(C)C)NC1C(=O)C(NC(C)=O)C(C)C.